The molecule has 1 rings (SSSR count). The van der Waals surface area contributed by atoms with Crippen molar-refractivity contribution in [2.75, 3.05) is 30.4 Å². The second-order valence-electron chi connectivity index (χ2n) is 3.78. The van der Waals surface area contributed by atoms with Crippen molar-refractivity contribution in [3.63, 3.8) is 0 Å². The summed E-state index contributed by atoms with van der Waals surface area (Å²) in [6.07, 6.45) is 2.40. The number of anilines is 2. The Morgan fingerprint density at radius 1 is 1.00 bits per heavy atom. The maximum Gasteiger partial charge on any atom is 0.0367 e. The molecule has 0 heterocycles. The Labute approximate surface area is 93.3 Å². The Hall–Kier alpha value is -1.18. The van der Waals surface area contributed by atoms with Crippen LogP contribution in [0, 0.1) is 0 Å². The van der Waals surface area contributed by atoms with Crippen molar-refractivity contribution >= 4 is 11.4 Å². The van der Waals surface area contributed by atoms with Crippen molar-refractivity contribution in [1.82, 2.24) is 0 Å². The smallest absolute Gasteiger partial charge is 0.0367 e. The first-order chi connectivity index (χ1) is 7.31. The number of hydrogen-bond donors (Lipinski definition) is 1. The first-order valence-electron chi connectivity index (χ1n) is 5.84. The fourth-order valence-electron chi connectivity index (χ4n) is 1.75. The van der Waals surface area contributed by atoms with Gasteiger partial charge in [-0.15, -0.1) is 0 Å². The van der Waals surface area contributed by atoms with E-state index in [0.717, 1.165) is 13.1 Å². The van der Waals surface area contributed by atoms with Crippen LogP contribution in [0.25, 0.3) is 0 Å². The Bertz CT molecular complexity index is 260. The Balaban J connectivity index is 2.72. The largest absolute Gasteiger partial charge is 0.388 e. The molecule has 0 aliphatic rings. The summed E-state index contributed by atoms with van der Waals surface area (Å²) in [5, 5.41) is 3.14. The van der Waals surface area contributed by atoms with E-state index in [1.54, 1.807) is 0 Å². The molecule has 0 amide bonds. The van der Waals surface area contributed by atoms with Gasteiger partial charge in [0.2, 0.25) is 0 Å². The first kappa shape index (κ1) is 11.9. The third-order valence-electron chi connectivity index (χ3n) is 2.51. The zero-order valence-electron chi connectivity index (χ0n) is 10.1. The van der Waals surface area contributed by atoms with Crippen LogP contribution in [0.4, 0.5) is 11.4 Å². The number of hydrogen-bond acceptors (Lipinski definition) is 2. The lowest BCUT2D eigenvalue weighted by Gasteiger charge is -2.23. The van der Waals surface area contributed by atoms with Crippen molar-refractivity contribution in [3.8, 4) is 0 Å². The summed E-state index contributed by atoms with van der Waals surface area (Å²) in [7, 11) is 1.95. The molecule has 1 N–H and O–H groups in total. The molecule has 0 spiro atoms. The minimum Gasteiger partial charge on any atom is -0.388 e. The average Bonchev–Trinajstić information content (AvgIpc) is 2.29. The van der Waals surface area contributed by atoms with Crippen LogP contribution in [-0.2, 0) is 0 Å². The van der Waals surface area contributed by atoms with Gasteiger partial charge in [-0.05, 0) is 37.1 Å². The fourth-order valence-corrected chi connectivity index (χ4v) is 1.75. The summed E-state index contributed by atoms with van der Waals surface area (Å²) in [6.45, 7) is 6.74. The molecule has 0 saturated carbocycles. The van der Waals surface area contributed by atoms with Gasteiger partial charge in [-0.2, -0.15) is 0 Å². The molecule has 2 heteroatoms. The van der Waals surface area contributed by atoms with Crippen LogP contribution in [0.1, 0.15) is 26.7 Å². The highest BCUT2D eigenvalue weighted by atomic mass is 15.1. The molecular formula is C13H22N2. The third kappa shape index (κ3) is 3.46. The van der Waals surface area contributed by atoms with Gasteiger partial charge in [-0.25, -0.2) is 0 Å². The molecule has 0 radical (unpaired) electrons. The van der Waals surface area contributed by atoms with Crippen LogP contribution >= 0.6 is 0 Å². The first-order valence-corrected chi connectivity index (χ1v) is 5.84. The monoisotopic (exact) mass is 206 g/mol. The number of benzene rings is 1. The van der Waals surface area contributed by atoms with Gasteiger partial charge >= 0.3 is 0 Å². The molecule has 15 heavy (non-hydrogen) atoms. The Morgan fingerprint density at radius 2 is 1.53 bits per heavy atom. The zero-order chi connectivity index (χ0) is 11.1. The van der Waals surface area contributed by atoms with E-state index in [9.17, 15) is 0 Å². The lowest BCUT2D eigenvalue weighted by Crippen LogP contribution is -2.24. The van der Waals surface area contributed by atoms with Gasteiger partial charge < -0.3 is 10.2 Å². The van der Waals surface area contributed by atoms with Gasteiger partial charge in [-0.3, -0.25) is 0 Å². The maximum absolute atomic E-state index is 3.14. The quantitative estimate of drug-likeness (QED) is 0.768. The van der Waals surface area contributed by atoms with E-state index in [2.05, 4.69) is 48.3 Å². The topological polar surface area (TPSA) is 15.3 Å². The standard InChI is InChI=1S/C13H22N2/c1-4-10-15(11-5-2)13-8-6-12(14-3)7-9-13/h6-9,14H,4-5,10-11H2,1-3H3. The molecule has 0 fully saturated rings. The molecule has 0 aliphatic heterocycles. The predicted molar refractivity (Wildman–Crippen MR) is 68.8 cm³/mol. The van der Waals surface area contributed by atoms with Gasteiger partial charge in [0, 0.05) is 31.5 Å². The predicted octanol–water partition coefficient (Wildman–Crippen LogP) is 3.35. The summed E-state index contributed by atoms with van der Waals surface area (Å²) < 4.78 is 0. The van der Waals surface area contributed by atoms with Crippen LogP contribution in [0.2, 0.25) is 0 Å². The molecule has 84 valence electrons. The zero-order valence-corrected chi connectivity index (χ0v) is 10.1. The number of nitrogens with one attached hydrogen (secondary N) is 1. The molecule has 0 aliphatic carbocycles. The summed E-state index contributed by atoms with van der Waals surface area (Å²) in [5.74, 6) is 0. The summed E-state index contributed by atoms with van der Waals surface area (Å²) in [5.41, 5.74) is 2.50. The highest BCUT2D eigenvalue weighted by molar-refractivity contribution is 5.54. The second kappa shape index (κ2) is 6.33. The van der Waals surface area contributed by atoms with Gasteiger partial charge in [0.05, 0.1) is 0 Å². The van der Waals surface area contributed by atoms with Crippen molar-refractivity contribution in [2.24, 2.45) is 0 Å². The van der Waals surface area contributed by atoms with Crippen LogP contribution < -0.4 is 10.2 Å². The molecule has 0 unspecified atom stereocenters. The molecule has 0 atom stereocenters. The minimum absolute atomic E-state index is 1.15. The van der Waals surface area contributed by atoms with Gasteiger partial charge in [0.15, 0.2) is 0 Å². The number of rotatable bonds is 6. The van der Waals surface area contributed by atoms with E-state index in [-0.39, 0.29) is 0 Å². The summed E-state index contributed by atoms with van der Waals surface area (Å²) in [4.78, 5) is 2.44. The van der Waals surface area contributed by atoms with Crippen molar-refractivity contribution in [2.45, 2.75) is 26.7 Å². The van der Waals surface area contributed by atoms with Crippen molar-refractivity contribution in [3.05, 3.63) is 24.3 Å². The maximum atomic E-state index is 3.14. The Kier molecular flexibility index (Phi) is 5.02. The normalized spacial score (nSPS) is 10.1. The van der Waals surface area contributed by atoms with E-state index < -0.39 is 0 Å². The lowest BCUT2D eigenvalue weighted by molar-refractivity contribution is 0.745. The Morgan fingerprint density at radius 3 is 1.93 bits per heavy atom. The van der Waals surface area contributed by atoms with Crippen LogP contribution in [0.5, 0.6) is 0 Å². The molecule has 0 aromatic heterocycles. The SMILES string of the molecule is CCCN(CCC)c1ccc(NC)cc1. The van der Waals surface area contributed by atoms with E-state index in [0.29, 0.717) is 0 Å². The second-order valence-corrected chi connectivity index (χ2v) is 3.78. The van der Waals surface area contributed by atoms with Crippen LogP contribution in [0.15, 0.2) is 24.3 Å². The van der Waals surface area contributed by atoms with E-state index in [1.807, 2.05) is 7.05 Å². The van der Waals surface area contributed by atoms with E-state index in [4.69, 9.17) is 0 Å². The molecule has 0 saturated heterocycles. The number of nitrogens with zero attached hydrogens (tertiary/aromatic N) is 1. The third-order valence-corrected chi connectivity index (χ3v) is 2.51. The molecule has 1 aromatic carbocycles. The minimum atomic E-state index is 1.15. The highest BCUT2D eigenvalue weighted by Crippen LogP contribution is 2.18. The molecular weight excluding hydrogens is 184 g/mol. The summed E-state index contributed by atoms with van der Waals surface area (Å²) >= 11 is 0. The molecule has 1 aromatic rings. The van der Waals surface area contributed by atoms with Crippen LogP contribution in [-0.4, -0.2) is 20.1 Å². The fraction of sp³-hybridized carbons (Fsp3) is 0.538. The highest BCUT2D eigenvalue weighted by Gasteiger charge is 2.03. The molecule has 0 bridgehead atoms. The van der Waals surface area contributed by atoms with Crippen molar-refractivity contribution < 1.29 is 0 Å². The summed E-state index contributed by atoms with van der Waals surface area (Å²) in [6, 6.07) is 8.65. The van der Waals surface area contributed by atoms with E-state index >= 15 is 0 Å². The van der Waals surface area contributed by atoms with Gasteiger partial charge in [0.1, 0.15) is 0 Å². The van der Waals surface area contributed by atoms with Crippen LogP contribution in [0.3, 0.4) is 0 Å². The molecule has 2 nitrogen and oxygen atoms in total. The van der Waals surface area contributed by atoms with Crippen molar-refractivity contribution in [1.29, 1.82) is 0 Å². The van der Waals surface area contributed by atoms with E-state index in [1.165, 1.54) is 24.2 Å². The lowest BCUT2D eigenvalue weighted by atomic mass is 10.2. The van der Waals surface area contributed by atoms with Gasteiger partial charge in [-0.1, -0.05) is 13.8 Å². The average molecular weight is 206 g/mol. The van der Waals surface area contributed by atoms with Gasteiger partial charge in [0.25, 0.3) is 0 Å².